The van der Waals surface area contributed by atoms with Crippen molar-refractivity contribution in [3.8, 4) is 0 Å². The maximum atomic E-state index is 11.6. The van der Waals surface area contributed by atoms with E-state index in [0.29, 0.717) is 12.2 Å². The monoisotopic (exact) mass is 314 g/mol. The van der Waals surface area contributed by atoms with Crippen molar-refractivity contribution in [1.82, 2.24) is 5.32 Å². The minimum atomic E-state index is -0.865. The van der Waals surface area contributed by atoms with Gasteiger partial charge in [0.1, 0.15) is 0 Å². The van der Waals surface area contributed by atoms with Gasteiger partial charge in [0, 0.05) is 17.4 Å². The Kier molecular flexibility index (Phi) is 5.64. The van der Waals surface area contributed by atoms with Crippen molar-refractivity contribution >= 4 is 33.6 Å². The third kappa shape index (κ3) is 5.18. The number of carboxylic acid groups (broad SMARTS) is 1. The number of carbonyl (C=O) groups is 2. The number of carboxylic acids is 1. The minimum absolute atomic E-state index is 0.0370. The molecule has 1 aromatic carbocycles. The molecular weight excluding hydrogens is 300 g/mol. The first-order chi connectivity index (χ1) is 8.49. The Morgan fingerprint density at radius 2 is 2.06 bits per heavy atom. The third-order valence-corrected chi connectivity index (χ3v) is 2.95. The molecular formula is C12H15BrN2O3. The van der Waals surface area contributed by atoms with Gasteiger partial charge < -0.3 is 15.7 Å². The van der Waals surface area contributed by atoms with Crippen LogP contribution in [0.5, 0.6) is 0 Å². The molecule has 1 atom stereocenters. The minimum Gasteiger partial charge on any atom is -0.481 e. The fraction of sp³-hybridized carbons (Fsp3) is 0.333. The summed E-state index contributed by atoms with van der Waals surface area (Å²) < 4.78 is 0.790. The second kappa shape index (κ2) is 7.00. The summed E-state index contributed by atoms with van der Waals surface area (Å²) in [6, 6.07) is 6.90. The van der Waals surface area contributed by atoms with Crippen LogP contribution in [0, 0.1) is 5.92 Å². The number of halogens is 1. The molecule has 3 N–H and O–H groups in total. The predicted octanol–water partition coefficient (Wildman–Crippen LogP) is 2.68. The van der Waals surface area contributed by atoms with Crippen LogP contribution in [0.25, 0.3) is 0 Å². The van der Waals surface area contributed by atoms with Crippen molar-refractivity contribution in [2.24, 2.45) is 5.92 Å². The Hall–Kier alpha value is -1.56. The largest absolute Gasteiger partial charge is 0.481 e. The molecule has 0 aromatic heterocycles. The molecule has 1 unspecified atom stereocenters. The van der Waals surface area contributed by atoms with E-state index < -0.39 is 5.97 Å². The number of hydrogen-bond acceptors (Lipinski definition) is 2. The number of carbonyl (C=O) groups excluding carboxylic acids is 1. The van der Waals surface area contributed by atoms with Crippen molar-refractivity contribution < 1.29 is 14.7 Å². The number of aliphatic carboxylic acids is 1. The molecule has 0 saturated heterocycles. The van der Waals surface area contributed by atoms with Crippen molar-refractivity contribution in [3.63, 3.8) is 0 Å². The molecule has 98 valence electrons. The second-order valence-corrected chi connectivity index (χ2v) is 4.87. The molecule has 0 radical (unpaired) electrons. The van der Waals surface area contributed by atoms with E-state index in [4.69, 9.17) is 5.11 Å². The number of para-hydroxylation sites is 1. The highest BCUT2D eigenvalue weighted by molar-refractivity contribution is 9.10. The lowest BCUT2D eigenvalue weighted by molar-refractivity contribution is -0.137. The second-order valence-electron chi connectivity index (χ2n) is 4.02. The van der Waals surface area contributed by atoms with Crippen LogP contribution in [0.2, 0.25) is 0 Å². The molecule has 0 aliphatic rings. The molecule has 6 heteroatoms. The van der Waals surface area contributed by atoms with Crippen LogP contribution in [-0.2, 0) is 4.79 Å². The average molecular weight is 315 g/mol. The summed E-state index contributed by atoms with van der Waals surface area (Å²) in [5, 5.41) is 13.9. The SMILES string of the molecule is CC(CNC(=O)Nc1ccccc1Br)CC(=O)O. The number of rotatable bonds is 5. The molecule has 0 aliphatic heterocycles. The van der Waals surface area contributed by atoms with Crippen LogP contribution in [0.15, 0.2) is 28.7 Å². The average Bonchev–Trinajstić information content (AvgIpc) is 2.29. The zero-order chi connectivity index (χ0) is 13.5. The fourth-order valence-electron chi connectivity index (χ4n) is 1.37. The summed E-state index contributed by atoms with van der Waals surface area (Å²) >= 11 is 3.32. The highest BCUT2D eigenvalue weighted by Gasteiger charge is 2.09. The zero-order valence-electron chi connectivity index (χ0n) is 9.94. The van der Waals surface area contributed by atoms with E-state index in [2.05, 4.69) is 26.6 Å². The van der Waals surface area contributed by atoms with Gasteiger partial charge in [-0.2, -0.15) is 0 Å². The first-order valence-electron chi connectivity index (χ1n) is 5.50. The molecule has 5 nitrogen and oxygen atoms in total. The van der Waals surface area contributed by atoms with Crippen LogP contribution in [0.4, 0.5) is 10.5 Å². The number of nitrogens with one attached hydrogen (secondary N) is 2. The number of benzene rings is 1. The number of amides is 2. The van der Waals surface area contributed by atoms with Crippen molar-refractivity contribution in [2.45, 2.75) is 13.3 Å². The van der Waals surface area contributed by atoms with Crippen molar-refractivity contribution in [2.75, 3.05) is 11.9 Å². The smallest absolute Gasteiger partial charge is 0.319 e. The van der Waals surface area contributed by atoms with E-state index in [1.807, 2.05) is 18.2 Å². The highest BCUT2D eigenvalue weighted by Crippen LogP contribution is 2.20. The Morgan fingerprint density at radius 1 is 1.39 bits per heavy atom. The standard InChI is InChI=1S/C12H15BrN2O3/c1-8(6-11(16)17)7-14-12(18)15-10-5-3-2-4-9(10)13/h2-5,8H,6-7H2,1H3,(H,16,17)(H2,14,15,18). The Morgan fingerprint density at radius 3 is 2.67 bits per heavy atom. The third-order valence-electron chi connectivity index (χ3n) is 2.26. The summed E-state index contributed by atoms with van der Waals surface area (Å²) in [6.07, 6.45) is 0.0370. The lowest BCUT2D eigenvalue weighted by Crippen LogP contribution is -2.33. The van der Waals surface area contributed by atoms with Gasteiger partial charge in [0.05, 0.1) is 5.69 Å². The molecule has 1 aromatic rings. The molecule has 0 heterocycles. The molecule has 0 bridgehead atoms. The molecule has 0 aliphatic carbocycles. The van der Waals surface area contributed by atoms with Gasteiger partial charge in [-0.3, -0.25) is 4.79 Å². The maximum Gasteiger partial charge on any atom is 0.319 e. The summed E-state index contributed by atoms with van der Waals surface area (Å²) in [4.78, 5) is 22.0. The summed E-state index contributed by atoms with van der Waals surface area (Å²) in [5.41, 5.74) is 0.667. The molecule has 2 amide bonds. The number of hydrogen-bond donors (Lipinski definition) is 3. The van der Waals surface area contributed by atoms with Gasteiger partial charge in [0.2, 0.25) is 0 Å². The van der Waals surface area contributed by atoms with Gasteiger partial charge >= 0.3 is 12.0 Å². The van der Waals surface area contributed by atoms with Crippen molar-refractivity contribution in [3.05, 3.63) is 28.7 Å². The fourth-order valence-corrected chi connectivity index (χ4v) is 1.75. The molecule has 1 rings (SSSR count). The van der Waals surface area contributed by atoms with E-state index in [1.54, 1.807) is 13.0 Å². The molecule has 0 fully saturated rings. The first-order valence-corrected chi connectivity index (χ1v) is 6.29. The van der Waals surface area contributed by atoms with Crippen molar-refractivity contribution in [1.29, 1.82) is 0 Å². The lowest BCUT2D eigenvalue weighted by atomic mass is 10.1. The maximum absolute atomic E-state index is 11.6. The lowest BCUT2D eigenvalue weighted by Gasteiger charge is -2.12. The van der Waals surface area contributed by atoms with Crippen LogP contribution in [0.1, 0.15) is 13.3 Å². The van der Waals surface area contributed by atoms with Gasteiger partial charge in [-0.15, -0.1) is 0 Å². The predicted molar refractivity (Wildman–Crippen MR) is 72.6 cm³/mol. The number of anilines is 1. The van der Waals surface area contributed by atoms with Gasteiger partial charge in [-0.05, 0) is 34.0 Å². The van der Waals surface area contributed by atoms with Gasteiger partial charge in [-0.25, -0.2) is 4.79 Å². The first kappa shape index (κ1) is 14.5. The Bertz CT molecular complexity index is 437. The van der Waals surface area contributed by atoms with Gasteiger partial charge in [0.25, 0.3) is 0 Å². The van der Waals surface area contributed by atoms with Crippen LogP contribution in [-0.4, -0.2) is 23.7 Å². The van der Waals surface area contributed by atoms with E-state index in [9.17, 15) is 9.59 Å². The van der Waals surface area contributed by atoms with Gasteiger partial charge in [-0.1, -0.05) is 19.1 Å². The van der Waals surface area contributed by atoms with Gasteiger partial charge in [0.15, 0.2) is 0 Å². The molecule has 0 saturated carbocycles. The Balaban J connectivity index is 2.39. The van der Waals surface area contributed by atoms with E-state index in [1.165, 1.54) is 0 Å². The van der Waals surface area contributed by atoms with E-state index in [0.717, 1.165) is 4.47 Å². The normalized spacial score (nSPS) is 11.7. The molecule has 0 spiro atoms. The van der Waals surface area contributed by atoms with Crippen LogP contribution >= 0.6 is 15.9 Å². The summed E-state index contributed by atoms with van der Waals surface area (Å²) in [6.45, 7) is 2.09. The highest BCUT2D eigenvalue weighted by atomic mass is 79.9. The summed E-state index contributed by atoms with van der Waals surface area (Å²) in [7, 11) is 0. The summed E-state index contributed by atoms with van der Waals surface area (Å²) in [5.74, 6) is -0.969. The Labute approximate surface area is 114 Å². The zero-order valence-corrected chi connectivity index (χ0v) is 11.5. The number of urea groups is 1. The van der Waals surface area contributed by atoms with E-state index in [-0.39, 0.29) is 18.4 Å². The van der Waals surface area contributed by atoms with Crippen LogP contribution < -0.4 is 10.6 Å². The quantitative estimate of drug-likeness (QED) is 0.781. The van der Waals surface area contributed by atoms with Crippen LogP contribution in [0.3, 0.4) is 0 Å². The van der Waals surface area contributed by atoms with E-state index >= 15 is 0 Å². The topological polar surface area (TPSA) is 78.4 Å². The molecule has 18 heavy (non-hydrogen) atoms.